The number of hydrogen-bond donors (Lipinski definition) is 2. The third-order valence-electron chi connectivity index (χ3n) is 15.2. The Bertz CT molecular complexity index is 3560. The molecule has 0 spiro atoms. The minimum Gasteiger partial charge on any atom is -0.354 e. The highest BCUT2D eigenvalue weighted by Crippen LogP contribution is 2.53. The van der Waals surface area contributed by atoms with E-state index < -0.39 is 0 Å². The molecule has 2 N–H and O–H groups in total. The van der Waals surface area contributed by atoms with Crippen LogP contribution in [0.15, 0.2) is 94.3 Å². The fourth-order valence-corrected chi connectivity index (χ4v) is 16.9. The molecule has 2 aliphatic heterocycles. The summed E-state index contributed by atoms with van der Waals surface area (Å²) < 4.78 is 0. The van der Waals surface area contributed by atoms with Gasteiger partial charge in [0.05, 0.1) is 43.6 Å². The largest absolute Gasteiger partial charge is 0.354 e. The minimum atomic E-state index is 0.966. The van der Waals surface area contributed by atoms with E-state index in [4.69, 9.17) is 9.97 Å². The summed E-state index contributed by atoms with van der Waals surface area (Å²) >= 11 is 11.1. The van der Waals surface area contributed by atoms with Crippen LogP contribution in [0, 0.1) is 13.8 Å². The zero-order valence-corrected chi connectivity index (χ0v) is 49.0. The number of nitrogens with zero attached hydrogens (tertiary/aromatic N) is 2. The molecule has 2 aliphatic rings. The molecule has 74 heavy (non-hydrogen) atoms. The second-order valence-electron chi connectivity index (χ2n) is 20.0. The van der Waals surface area contributed by atoms with Crippen molar-refractivity contribution >= 4 is 112 Å². The monoisotopic (exact) mass is 1080 g/mol. The highest BCUT2D eigenvalue weighted by Gasteiger charge is 2.31. The molecular formula is C64H66N4S6. The Kier molecular flexibility index (Phi) is 15.3. The first-order valence-corrected chi connectivity index (χ1v) is 32.0. The number of allylic oxidation sites excluding steroid dienone is 4. The Hall–Kier alpha value is -5.20. The molecule has 378 valence electrons. The lowest BCUT2D eigenvalue weighted by Crippen LogP contribution is -1.93. The van der Waals surface area contributed by atoms with E-state index in [0.717, 1.165) is 105 Å². The third kappa shape index (κ3) is 9.47. The van der Waals surface area contributed by atoms with Crippen molar-refractivity contribution in [2.75, 3.05) is 0 Å². The van der Waals surface area contributed by atoms with E-state index in [2.05, 4.69) is 160 Å². The smallest absolute Gasteiger partial charge is 0.0770 e. The third-order valence-corrected chi connectivity index (χ3v) is 21.7. The number of aromatic amines is 2. The predicted molar refractivity (Wildman–Crippen MR) is 332 cm³/mol. The summed E-state index contributed by atoms with van der Waals surface area (Å²) in [6.07, 6.45) is 12.8. The van der Waals surface area contributed by atoms with Crippen LogP contribution in [0.4, 0.5) is 0 Å². The predicted octanol–water partition coefficient (Wildman–Crippen LogP) is 22.2. The first-order chi connectivity index (χ1) is 36.2. The minimum absolute atomic E-state index is 0.966. The summed E-state index contributed by atoms with van der Waals surface area (Å²) in [5.41, 5.74) is 24.6. The molecule has 10 heteroatoms. The van der Waals surface area contributed by atoms with Crippen molar-refractivity contribution < 1.29 is 0 Å². The number of thiophene rings is 6. The van der Waals surface area contributed by atoms with Gasteiger partial charge in [-0.05, 0) is 194 Å². The lowest BCUT2D eigenvalue weighted by molar-refractivity contribution is 0.796. The molecule has 0 amide bonds. The van der Waals surface area contributed by atoms with E-state index in [-0.39, 0.29) is 0 Å². The van der Waals surface area contributed by atoms with Crippen LogP contribution >= 0.6 is 68.0 Å². The van der Waals surface area contributed by atoms with Gasteiger partial charge in [0.2, 0.25) is 0 Å². The van der Waals surface area contributed by atoms with Crippen molar-refractivity contribution in [1.29, 1.82) is 0 Å². The van der Waals surface area contributed by atoms with Gasteiger partial charge in [-0.15, -0.1) is 68.0 Å². The molecule has 0 radical (unpaired) electrons. The van der Waals surface area contributed by atoms with Gasteiger partial charge >= 0.3 is 0 Å². The van der Waals surface area contributed by atoms with Gasteiger partial charge in [0, 0.05) is 62.6 Å². The average molecular weight is 1080 g/mol. The van der Waals surface area contributed by atoms with Gasteiger partial charge in [0.1, 0.15) is 0 Å². The van der Waals surface area contributed by atoms with Crippen molar-refractivity contribution in [2.24, 2.45) is 0 Å². The van der Waals surface area contributed by atoms with E-state index in [1.165, 1.54) is 122 Å². The number of nitrogens with one attached hydrogen (secondary N) is 2. The molecule has 0 fully saturated rings. The van der Waals surface area contributed by atoms with Gasteiger partial charge in [0.15, 0.2) is 0 Å². The summed E-state index contributed by atoms with van der Waals surface area (Å²) in [7, 11) is 0. The number of fused-ring (bicyclic) bond motifs is 8. The highest BCUT2D eigenvalue weighted by atomic mass is 32.1. The van der Waals surface area contributed by atoms with E-state index in [0.29, 0.717) is 0 Å². The van der Waals surface area contributed by atoms with Gasteiger partial charge in [-0.2, -0.15) is 0 Å². The topological polar surface area (TPSA) is 57.4 Å². The van der Waals surface area contributed by atoms with E-state index in [1.54, 1.807) is 0 Å². The number of H-pyrrole nitrogens is 2. The van der Waals surface area contributed by atoms with Crippen molar-refractivity contribution in [2.45, 2.75) is 132 Å². The molecule has 11 heterocycles. The molecule has 0 saturated heterocycles. The molecule has 0 saturated carbocycles. The maximum absolute atomic E-state index is 5.96. The molecule has 9 aromatic rings. The maximum atomic E-state index is 5.96. The van der Waals surface area contributed by atoms with Gasteiger partial charge in [-0.3, -0.25) is 0 Å². The van der Waals surface area contributed by atoms with Crippen molar-refractivity contribution in [3.05, 3.63) is 139 Å². The number of unbranched alkanes of at least 4 members (excludes halogenated alkanes) is 4. The Morgan fingerprint density at radius 3 is 1.19 bits per heavy atom. The van der Waals surface area contributed by atoms with Crippen LogP contribution in [0.1, 0.15) is 151 Å². The van der Waals surface area contributed by atoms with Crippen LogP contribution in [0.2, 0.25) is 0 Å². The summed E-state index contributed by atoms with van der Waals surface area (Å²) in [6, 6.07) is 27.7. The van der Waals surface area contributed by atoms with E-state index in [9.17, 15) is 0 Å². The first-order valence-electron chi connectivity index (χ1n) is 26.8. The molecular weight excluding hydrogens is 1020 g/mol. The van der Waals surface area contributed by atoms with Gasteiger partial charge < -0.3 is 9.97 Å². The lowest BCUT2D eigenvalue weighted by Gasteiger charge is -2.11. The Labute approximate surface area is 461 Å². The Morgan fingerprint density at radius 1 is 0.432 bits per heavy atom. The average Bonchev–Trinajstić information content (AvgIpc) is 4.24. The zero-order chi connectivity index (χ0) is 51.0. The van der Waals surface area contributed by atoms with Gasteiger partial charge in [-0.1, -0.05) is 77.6 Å². The molecule has 11 rings (SSSR count). The quantitative estimate of drug-likeness (QED) is 0.0900. The lowest BCUT2D eigenvalue weighted by atomic mass is 9.92. The van der Waals surface area contributed by atoms with Crippen LogP contribution in [0.25, 0.3) is 106 Å². The summed E-state index contributed by atoms with van der Waals surface area (Å²) in [5.74, 6) is 0. The fraction of sp³-hybridized carbons (Fsp3) is 0.312. The fourth-order valence-electron chi connectivity index (χ4n) is 11.1. The molecule has 8 bridgehead atoms. The first kappa shape index (κ1) is 50.9. The molecule has 0 aromatic carbocycles. The second kappa shape index (κ2) is 22.2. The van der Waals surface area contributed by atoms with Crippen molar-refractivity contribution in [3.8, 4) is 61.3 Å². The molecule has 4 nitrogen and oxygen atoms in total. The molecule has 0 aliphatic carbocycles. The molecule has 0 unspecified atom stereocenters. The van der Waals surface area contributed by atoms with Crippen LogP contribution < -0.4 is 0 Å². The number of aryl methyl sites for hydroxylation is 4. The zero-order valence-electron chi connectivity index (χ0n) is 44.1. The highest BCUT2D eigenvalue weighted by molar-refractivity contribution is 7.27. The van der Waals surface area contributed by atoms with E-state index in [1.807, 2.05) is 68.0 Å². The second-order valence-corrected chi connectivity index (χ2v) is 25.9. The van der Waals surface area contributed by atoms with Crippen LogP contribution in [-0.2, 0) is 12.8 Å². The number of aromatic nitrogens is 4. The SMILES string of the molecule is CCCCC1=C(C)c2nc1cc1[nH]c(c(C)c1CCCC)c(-c1cc(-c3cccs3)sc1-c1cccs1)c1[nH]c(cc3nc(c2-c2cc(-c4cccs4)sc2-c2cccs2)C(C)=C3CCCC)c(CCCC)c1C. The van der Waals surface area contributed by atoms with Crippen molar-refractivity contribution in [3.63, 3.8) is 0 Å². The van der Waals surface area contributed by atoms with Gasteiger partial charge in [0.25, 0.3) is 0 Å². The van der Waals surface area contributed by atoms with Crippen LogP contribution in [0.3, 0.4) is 0 Å². The standard InChI is InChI=1S/C64H66N4S6/c1-9-13-21-41-37(5)59-57(45-33-55(51-25-17-29-69-51)73-63(45)53-27-19-31-71-53)60-39(7)43(23-15-11-3)49(67-60)36-50-44(24-16-12-4)40(8)62(68-50)58(61-38(6)42(22-14-10-2)48(66-61)35-47(41)65-59)46-34-56(52-26-18-30-70-52)74-64(46)54-28-20-32-72-54/h17-20,25-36,65,67H,9-16,21-24H2,1-8H3. The van der Waals surface area contributed by atoms with Crippen molar-refractivity contribution in [1.82, 2.24) is 19.9 Å². The molecule has 0 atom stereocenters. The molecule has 9 aromatic heterocycles. The number of hydrogen-bond acceptors (Lipinski definition) is 8. The summed E-state index contributed by atoms with van der Waals surface area (Å²) in [6.45, 7) is 18.7. The van der Waals surface area contributed by atoms with Crippen LogP contribution in [0.5, 0.6) is 0 Å². The number of rotatable bonds is 18. The summed E-state index contributed by atoms with van der Waals surface area (Å²) in [5, 5.41) is 8.85. The maximum Gasteiger partial charge on any atom is 0.0770 e. The normalized spacial score (nSPS) is 12.9. The Morgan fingerprint density at radius 2 is 0.811 bits per heavy atom. The van der Waals surface area contributed by atoms with Crippen LogP contribution in [-0.4, -0.2) is 19.9 Å². The van der Waals surface area contributed by atoms with E-state index >= 15 is 0 Å². The Balaban J connectivity index is 1.35. The van der Waals surface area contributed by atoms with Gasteiger partial charge in [-0.25, -0.2) is 9.97 Å². The summed E-state index contributed by atoms with van der Waals surface area (Å²) in [4.78, 5) is 30.8.